The lowest BCUT2D eigenvalue weighted by Crippen LogP contribution is -3.14. The van der Waals surface area contributed by atoms with Gasteiger partial charge in [0.2, 0.25) is 0 Å². The van der Waals surface area contributed by atoms with Gasteiger partial charge in [-0.2, -0.15) is 5.26 Å². The van der Waals surface area contributed by atoms with Crippen LogP contribution in [-0.4, -0.2) is 38.6 Å². The topological polar surface area (TPSA) is 95.7 Å². The number of ether oxygens (including phenoxy) is 1. The van der Waals surface area contributed by atoms with E-state index in [0.29, 0.717) is 32.6 Å². The van der Waals surface area contributed by atoms with Gasteiger partial charge in [0.05, 0.1) is 31.5 Å². The van der Waals surface area contributed by atoms with E-state index >= 15 is 0 Å². The summed E-state index contributed by atoms with van der Waals surface area (Å²) >= 11 is 5.97. The van der Waals surface area contributed by atoms with Crippen molar-refractivity contribution in [2.45, 2.75) is 13.0 Å². The molecule has 0 saturated heterocycles. The minimum atomic E-state index is -0.488. The number of hydrogen-bond acceptors (Lipinski definition) is 4. The summed E-state index contributed by atoms with van der Waals surface area (Å²) in [5.74, 6) is -0.0245. The molecule has 3 N–H and O–H groups in total. The molecule has 2 aromatic carbocycles. The molecule has 8 heteroatoms. The van der Waals surface area contributed by atoms with E-state index in [0.717, 1.165) is 0 Å². The van der Waals surface area contributed by atoms with E-state index < -0.39 is 6.04 Å². The molecule has 0 fully saturated rings. The number of rotatable bonds is 7. The molecule has 0 radical (unpaired) electrons. The van der Waals surface area contributed by atoms with Crippen LogP contribution in [0.4, 0.5) is 11.4 Å². The van der Waals surface area contributed by atoms with Crippen LogP contribution in [0.1, 0.15) is 12.5 Å². The molecule has 2 atom stereocenters. The Labute approximate surface area is 168 Å². The Balaban J connectivity index is 1.96. The van der Waals surface area contributed by atoms with Gasteiger partial charge in [0.25, 0.3) is 11.8 Å². The van der Waals surface area contributed by atoms with E-state index in [9.17, 15) is 9.59 Å². The Hall–Kier alpha value is -3.08. The number of nitrogens with one attached hydrogen (secondary N) is 3. The van der Waals surface area contributed by atoms with Crippen molar-refractivity contribution in [3.63, 3.8) is 0 Å². The number of carbonyl (C=O) groups is 2. The van der Waals surface area contributed by atoms with Gasteiger partial charge < -0.3 is 20.3 Å². The Morgan fingerprint density at radius 2 is 2.00 bits per heavy atom. The molecule has 2 aromatic rings. The molecule has 2 amide bonds. The third-order valence-corrected chi connectivity index (χ3v) is 4.50. The van der Waals surface area contributed by atoms with Crippen LogP contribution in [-0.2, 0) is 9.59 Å². The summed E-state index contributed by atoms with van der Waals surface area (Å²) in [5, 5.41) is 14.9. The van der Waals surface area contributed by atoms with Gasteiger partial charge in [0, 0.05) is 10.7 Å². The second-order valence-corrected chi connectivity index (χ2v) is 6.76. The van der Waals surface area contributed by atoms with E-state index in [1.807, 2.05) is 6.07 Å². The number of nitrogens with zero attached hydrogens (tertiary/aromatic N) is 1. The fourth-order valence-corrected chi connectivity index (χ4v) is 2.69. The molecule has 0 aromatic heterocycles. The summed E-state index contributed by atoms with van der Waals surface area (Å²) in [4.78, 5) is 25.5. The number of nitriles is 1. The summed E-state index contributed by atoms with van der Waals surface area (Å²) in [7, 11) is 3.26. The van der Waals surface area contributed by atoms with Gasteiger partial charge in [-0.1, -0.05) is 17.7 Å². The SMILES string of the molecule is COc1ccc(Cl)cc1NC(=O)C[NH+](C)[C@@H](C)C(=O)Nc1cccc(C#N)c1. The molecule has 0 bridgehead atoms. The number of quaternary nitrogens is 1. The maximum Gasteiger partial charge on any atom is 0.282 e. The maximum atomic E-state index is 12.5. The van der Waals surface area contributed by atoms with Crippen molar-refractivity contribution < 1.29 is 19.2 Å². The first-order chi connectivity index (χ1) is 13.3. The van der Waals surface area contributed by atoms with Gasteiger partial charge >= 0.3 is 0 Å². The Morgan fingerprint density at radius 1 is 1.25 bits per heavy atom. The van der Waals surface area contributed by atoms with E-state index in [1.54, 1.807) is 56.4 Å². The zero-order chi connectivity index (χ0) is 20.7. The van der Waals surface area contributed by atoms with Crippen molar-refractivity contribution in [3.8, 4) is 11.8 Å². The van der Waals surface area contributed by atoms with E-state index in [-0.39, 0.29) is 18.4 Å². The first kappa shape index (κ1) is 21.2. The molecule has 1 unspecified atom stereocenters. The Kier molecular flexibility index (Phi) is 7.38. The van der Waals surface area contributed by atoms with Gasteiger partial charge in [0.15, 0.2) is 12.6 Å². The highest BCUT2D eigenvalue weighted by Crippen LogP contribution is 2.27. The van der Waals surface area contributed by atoms with Gasteiger partial charge in [-0.25, -0.2) is 0 Å². The van der Waals surface area contributed by atoms with E-state index in [4.69, 9.17) is 21.6 Å². The van der Waals surface area contributed by atoms with Crippen LogP contribution in [0.25, 0.3) is 0 Å². The van der Waals surface area contributed by atoms with Crippen LogP contribution in [0.3, 0.4) is 0 Å². The smallest absolute Gasteiger partial charge is 0.282 e. The van der Waals surface area contributed by atoms with Crippen molar-refractivity contribution in [1.82, 2.24) is 0 Å². The van der Waals surface area contributed by atoms with Crippen LogP contribution in [0.15, 0.2) is 42.5 Å². The van der Waals surface area contributed by atoms with Gasteiger partial charge in [-0.15, -0.1) is 0 Å². The van der Waals surface area contributed by atoms with Crippen LogP contribution in [0, 0.1) is 11.3 Å². The summed E-state index contributed by atoms with van der Waals surface area (Å²) in [6, 6.07) is 13.1. The fraction of sp³-hybridized carbons (Fsp3) is 0.250. The summed E-state index contributed by atoms with van der Waals surface area (Å²) in [5.41, 5.74) is 1.47. The maximum absolute atomic E-state index is 12.5. The molecule has 0 aliphatic rings. The minimum absolute atomic E-state index is 0.0719. The number of benzene rings is 2. The van der Waals surface area contributed by atoms with Crippen molar-refractivity contribution in [2.75, 3.05) is 31.3 Å². The molecule has 146 valence electrons. The Morgan fingerprint density at radius 3 is 2.68 bits per heavy atom. The lowest BCUT2D eigenvalue weighted by atomic mass is 10.2. The molecule has 0 aliphatic carbocycles. The van der Waals surface area contributed by atoms with Crippen molar-refractivity contribution in [2.24, 2.45) is 0 Å². The van der Waals surface area contributed by atoms with Crippen LogP contribution < -0.4 is 20.3 Å². The molecule has 0 aliphatic heterocycles. The average Bonchev–Trinajstić information content (AvgIpc) is 2.67. The van der Waals surface area contributed by atoms with Gasteiger partial charge in [-0.3, -0.25) is 9.59 Å². The van der Waals surface area contributed by atoms with Crippen molar-refractivity contribution in [1.29, 1.82) is 5.26 Å². The molecule has 0 spiro atoms. The fourth-order valence-electron chi connectivity index (χ4n) is 2.52. The van der Waals surface area contributed by atoms with Crippen LogP contribution >= 0.6 is 11.6 Å². The molecular formula is C20H22ClN4O3+. The monoisotopic (exact) mass is 401 g/mol. The standard InChI is InChI=1S/C20H21ClN4O3/c1-13(20(27)23-16-6-4-5-14(9-16)11-22)25(2)12-19(26)24-17-10-15(21)7-8-18(17)28-3/h4-10,13H,12H2,1-3H3,(H,23,27)(H,24,26)/p+1/t13-/m0/s1. The first-order valence-electron chi connectivity index (χ1n) is 8.60. The van der Waals surface area contributed by atoms with E-state index in [2.05, 4.69) is 10.6 Å². The number of carbonyl (C=O) groups excluding carboxylic acids is 2. The predicted molar refractivity (Wildman–Crippen MR) is 108 cm³/mol. The lowest BCUT2D eigenvalue weighted by Gasteiger charge is -2.21. The highest BCUT2D eigenvalue weighted by atomic mass is 35.5. The predicted octanol–water partition coefficient (Wildman–Crippen LogP) is 1.70. The third kappa shape index (κ3) is 5.71. The normalized spacial score (nSPS) is 12.4. The number of likely N-dealkylation sites (N-methyl/N-ethyl adjacent to an activating group) is 1. The highest BCUT2D eigenvalue weighted by Gasteiger charge is 2.24. The zero-order valence-electron chi connectivity index (χ0n) is 15.9. The second-order valence-electron chi connectivity index (χ2n) is 6.32. The number of halogens is 1. The molecule has 2 rings (SSSR count). The second kappa shape index (κ2) is 9.74. The van der Waals surface area contributed by atoms with E-state index in [1.165, 1.54) is 7.11 Å². The largest absolute Gasteiger partial charge is 0.495 e. The number of anilines is 2. The molecule has 0 heterocycles. The summed E-state index contributed by atoms with van der Waals surface area (Å²) in [6.45, 7) is 1.80. The summed E-state index contributed by atoms with van der Waals surface area (Å²) in [6.07, 6.45) is 0. The number of methoxy groups -OCH3 is 1. The van der Waals surface area contributed by atoms with Gasteiger partial charge in [-0.05, 0) is 43.3 Å². The molecule has 0 saturated carbocycles. The lowest BCUT2D eigenvalue weighted by molar-refractivity contribution is -0.885. The number of hydrogen-bond donors (Lipinski definition) is 3. The van der Waals surface area contributed by atoms with Crippen LogP contribution in [0.2, 0.25) is 5.02 Å². The highest BCUT2D eigenvalue weighted by molar-refractivity contribution is 6.31. The van der Waals surface area contributed by atoms with Gasteiger partial charge in [0.1, 0.15) is 5.75 Å². The van der Waals surface area contributed by atoms with Crippen LogP contribution in [0.5, 0.6) is 5.75 Å². The Bertz CT molecular complexity index is 911. The summed E-state index contributed by atoms with van der Waals surface area (Å²) < 4.78 is 5.21. The average molecular weight is 402 g/mol. The molecular weight excluding hydrogens is 380 g/mol. The number of amides is 2. The zero-order valence-corrected chi connectivity index (χ0v) is 16.6. The third-order valence-electron chi connectivity index (χ3n) is 4.27. The van der Waals surface area contributed by atoms with Crippen molar-refractivity contribution in [3.05, 3.63) is 53.1 Å². The molecule has 7 nitrogen and oxygen atoms in total. The molecule has 28 heavy (non-hydrogen) atoms. The van der Waals surface area contributed by atoms with Crippen molar-refractivity contribution >= 4 is 34.8 Å². The minimum Gasteiger partial charge on any atom is -0.495 e. The quantitative estimate of drug-likeness (QED) is 0.658. The first-order valence-corrected chi connectivity index (χ1v) is 8.98.